The molecule has 0 saturated carbocycles. The van der Waals surface area contributed by atoms with Crippen LogP contribution in [0, 0.1) is 0 Å². The van der Waals surface area contributed by atoms with Crippen molar-refractivity contribution in [2.24, 2.45) is 4.99 Å². The van der Waals surface area contributed by atoms with Gasteiger partial charge in [-0.3, -0.25) is 0 Å². The van der Waals surface area contributed by atoms with Crippen LogP contribution >= 0.6 is 0 Å². The first-order valence-electron chi connectivity index (χ1n) is 3.18. The van der Waals surface area contributed by atoms with Crippen molar-refractivity contribution in [2.75, 3.05) is 6.44 Å². The SMILES string of the molecule is [B]CN=Cc1ccccc1. The van der Waals surface area contributed by atoms with Gasteiger partial charge in [0.25, 0.3) is 0 Å². The van der Waals surface area contributed by atoms with Crippen molar-refractivity contribution in [3.63, 3.8) is 0 Å². The van der Waals surface area contributed by atoms with Crippen LogP contribution < -0.4 is 0 Å². The van der Waals surface area contributed by atoms with Crippen molar-refractivity contribution in [1.29, 1.82) is 0 Å². The summed E-state index contributed by atoms with van der Waals surface area (Å²) in [7, 11) is 5.18. The largest absolute Gasteiger partial charge is 0.302 e. The Morgan fingerprint density at radius 2 is 2.00 bits per heavy atom. The standard InChI is InChI=1S/C8H8BN/c9-7-10-6-8-4-2-1-3-5-8/h1-6H,7H2. The zero-order valence-corrected chi connectivity index (χ0v) is 5.70. The number of nitrogens with zero attached hydrogens (tertiary/aromatic N) is 1. The van der Waals surface area contributed by atoms with Gasteiger partial charge < -0.3 is 4.99 Å². The molecule has 0 aliphatic heterocycles. The Balaban J connectivity index is 2.67. The molecule has 0 spiro atoms. The predicted molar refractivity (Wildman–Crippen MR) is 44.7 cm³/mol. The summed E-state index contributed by atoms with van der Waals surface area (Å²) >= 11 is 0. The minimum absolute atomic E-state index is 0.356. The number of benzene rings is 1. The quantitative estimate of drug-likeness (QED) is 0.420. The number of aliphatic imine (C=N–C) groups is 1. The molecule has 1 nitrogen and oxygen atoms in total. The topological polar surface area (TPSA) is 12.4 Å². The molecule has 0 atom stereocenters. The van der Waals surface area contributed by atoms with E-state index in [4.69, 9.17) is 7.85 Å². The summed E-state index contributed by atoms with van der Waals surface area (Å²) in [6.45, 7) is 0. The molecule has 0 aliphatic carbocycles. The first kappa shape index (κ1) is 7.07. The second-order valence-electron chi connectivity index (χ2n) is 1.90. The summed E-state index contributed by atoms with van der Waals surface area (Å²) in [4.78, 5) is 3.89. The molecule has 2 heteroatoms. The third-order valence-corrected chi connectivity index (χ3v) is 1.15. The molecule has 1 rings (SSSR count). The lowest BCUT2D eigenvalue weighted by molar-refractivity contribution is 1.38. The van der Waals surface area contributed by atoms with Gasteiger partial charge in [0, 0.05) is 6.21 Å². The average molecular weight is 129 g/mol. The second kappa shape index (κ2) is 3.88. The Morgan fingerprint density at radius 1 is 1.30 bits per heavy atom. The Morgan fingerprint density at radius 3 is 2.60 bits per heavy atom. The Bertz CT molecular complexity index is 206. The molecule has 10 heavy (non-hydrogen) atoms. The maximum atomic E-state index is 5.18. The lowest BCUT2D eigenvalue weighted by Gasteiger charge is -1.88. The van der Waals surface area contributed by atoms with Crippen LogP contribution in [0.15, 0.2) is 35.3 Å². The molecule has 0 amide bonds. The van der Waals surface area contributed by atoms with Crippen molar-refractivity contribution < 1.29 is 0 Å². The molecule has 0 aliphatic rings. The normalized spacial score (nSPS) is 10.4. The second-order valence-corrected chi connectivity index (χ2v) is 1.90. The summed E-state index contributed by atoms with van der Waals surface area (Å²) in [5, 5.41) is 0. The van der Waals surface area contributed by atoms with Crippen LogP contribution in [0.1, 0.15) is 5.56 Å². The molecule has 0 bridgehead atoms. The molecule has 2 radical (unpaired) electrons. The number of hydrogen-bond donors (Lipinski definition) is 0. The smallest absolute Gasteiger partial charge is 0.0971 e. The first-order valence-corrected chi connectivity index (χ1v) is 3.18. The van der Waals surface area contributed by atoms with Crippen LogP contribution in [-0.4, -0.2) is 20.5 Å². The van der Waals surface area contributed by atoms with Gasteiger partial charge in [-0.1, -0.05) is 30.3 Å². The van der Waals surface area contributed by atoms with Crippen molar-refractivity contribution in [1.82, 2.24) is 0 Å². The zero-order chi connectivity index (χ0) is 7.23. The summed E-state index contributed by atoms with van der Waals surface area (Å²) in [5.41, 5.74) is 1.09. The van der Waals surface area contributed by atoms with Gasteiger partial charge in [0.1, 0.15) is 0 Å². The molecule has 0 saturated heterocycles. The van der Waals surface area contributed by atoms with Gasteiger partial charge in [0.2, 0.25) is 0 Å². The molecular weight excluding hydrogens is 121 g/mol. The van der Waals surface area contributed by atoms with Crippen LogP contribution in [0.4, 0.5) is 0 Å². The number of rotatable bonds is 2. The monoisotopic (exact) mass is 129 g/mol. The van der Waals surface area contributed by atoms with E-state index in [1.54, 1.807) is 6.21 Å². The van der Waals surface area contributed by atoms with Crippen LogP contribution in [0.3, 0.4) is 0 Å². The first-order chi connectivity index (χ1) is 4.93. The highest BCUT2D eigenvalue weighted by Gasteiger charge is 1.79. The van der Waals surface area contributed by atoms with Crippen LogP contribution in [0.2, 0.25) is 0 Å². The zero-order valence-electron chi connectivity index (χ0n) is 5.70. The van der Waals surface area contributed by atoms with Crippen molar-refractivity contribution >= 4 is 14.1 Å². The van der Waals surface area contributed by atoms with Crippen molar-refractivity contribution in [2.45, 2.75) is 0 Å². The molecule has 1 aromatic carbocycles. The molecule has 0 heterocycles. The van der Waals surface area contributed by atoms with E-state index in [0.717, 1.165) is 5.56 Å². The van der Waals surface area contributed by atoms with Gasteiger partial charge in [-0.2, -0.15) is 0 Å². The average Bonchev–Trinajstić information content (AvgIpc) is 2.03. The molecule has 0 aromatic heterocycles. The third-order valence-electron chi connectivity index (χ3n) is 1.15. The van der Waals surface area contributed by atoms with E-state index < -0.39 is 0 Å². The summed E-state index contributed by atoms with van der Waals surface area (Å²) in [5.74, 6) is 0. The summed E-state index contributed by atoms with van der Waals surface area (Å²) in [6.07, 6.45) is 2.12. The van der Waals surface area contributed by atoms with E-state index >= 15 is 0 Å². The molecular formula is C8H8BN. The Kier molecular flexibility index (Phi) is 2.74. The highest BCUT2D eigenvalue weighted by Crippen LogP contribution is 1.92. The maximum absolute atomic E-state index is 5.18. The van der Waals surface area contributed by atoms with Crippen LogP contribution in [-0.2, 0) is 0 Å². The number of hydrogen-bond acceptors (Lipinski definition) is 1. The highest BCUT2D eigenvalue weighted by atomic mass is 14.7. The fourth-order valence-corrected chi connectivity index (χ4v) is 0.697. The molecule has 0 unspecified atom stereocenters. The Hall–Kier alpha value is -1.05. The van der Waals surface area contributed by atoms with E-state index in [0.29, 0.717) is 6.44 Å². The lowest BCUT2D eigenvalue weighted by Crippen LogP contribution is -1.81. The molecule has 48 valence electrons. The van der Waals surface area contributed by atoms with Gasteiger partial charge in [-0.05, 0) is 12.0 Å². The van der Waals surface area contributed by atoms with Gasteiger partial charge in [0.15, 0.2) is 0 Å². The summed E-state index contributed by atoms with van der Waals surface area (Å²) in [6, 6.07) is 9.88. The highest BCUT2D eigenvalue weighted by molar-refractivity contribution is 6.09. The van der Waals surface area contributed by atoms with Crippen LogP contribution in [0.25, 0.3) is 0 Å². The van der Waals surface area contributed by atoms with E-state index in [-0.39, 0.29) is 0 Å². The Labute approximate surface area is 62.2 Å². The summed E-state index contributed by atoms with van der Waals surface area (Å²) < 4.78 is 0. The van der Waals surface area contributed by atoms with Crippen molar-refractivity contribution in [3.05, 3.63) is 35.9 Å². The minimum atomic E-state index is 0.356. The third kappa shape index (κ3) is 2.06. The van der Waals surface area contributed by atoms with Crippen molar-refractivity contribution in [3.8, 4) is 0 Å². The van der Waals surface area contributed by atoms with E-state index in [1.807, 2.05) is 30.3 Å². The fraction of sp³-hybridized carbons (Fsp3) is 0.125. The lowest BCUT2D eigenvalue weighted by atomic mass is 10.2. The van der Waals surface area contributed by atoms with Crippen LogP contribution in [0.5, 0.6) is 0 Å². The molecule has 0 N–H and O–H groups in total. The van der Waals surface area contributed by atoms with E-state index in [1.165, 1.54) is 0 Å². The molecule has 1 aromatic rings. The van der Waals surface area contributed by atoms with Gasteiger partial charge in [-0.15, -0.1) is 0 Å². The fourth-order valence-electron chi connectivity index (χ4n) is 0.697. The maximum Gasteiger partial charge on any atom is 0.0971 e. The van der Waals surface area contributed by atoms with E-state index in [9.17, 15) is 0 Å². The van der Waals surface area contributed by atoms with Gasteiger partial charge in [-0.25, -0.2) is 0 Å². The predicted octanol–water partition coefficient (Wildman–Crippen LogP) is 1.23. The van der Waals surface area contributed by atoms with Gasteiger partial charge >= 0.3 is 0 Å². The van der Waals surface area contributed by atoms with Gasteiger partial charge in [0.05, 0.1) is 7.85 Å². The molecule has 0 fully saturated rings. The van der Waals surface area contributed by atoms with E-state index in [2.05, 4.69) is 4.99 Å². The minimum Gasteiger partial charge on any atom is -0.302 e.